The van der Waals surface area contributed by atoms with E-state index < -0.39 is 29.0 Å². The molecule has 0 aliphatic carbocycles. The van der Waals surface area contributed by atoms with E-state index >= 15 is 0 Å². The number of nitro groups is 1. The van der Waals surface area contributed by atoms with Gasteiger partial charge in [-0.25, -0.2) is 4.79 Å². The summed E-state index contributed by atoms with van der Waals surface area (Å²) in [6.45, 7) is 1.30. The third-order valence-corrected chi connectivity index (χ3v) is 4.01. The maximum absolute atomic E-state index is 12.4. The maximum atomic E-state index is 12.4. The Balaban J connectivity index is 1.72. The number of benzene rings is 2. The Morgan fingerprint density at radius 3 is 2.48 bits per heavy atom. The lowest BCUT2D eigenvalue weighted by Crippen LogP contribution is -2.44. The van der Waals surface area contributed by atoms with Crippen molar-refractivity contribution in [3.05, 3.63) is 63.7 Å². The highest BCUT2D eigenvalue weighted by Gasteiger charge is 2.35. The first-order chi connectivity index (χ1) is 12.9. The Morgan fingerprint density at radius 1 is 1.19 bits per heavy atom. The van der Waals surface area contributed by atoms with Crippen LogP contribution in [0.25, 0.3) is 0 Å². The minimum absolute atomic E-state index is 0.00832. The minimum Gasteiger partial charge on any atom is -0.482 e. The molecule has 0 aromatic heterocycles. The summed E-state index contributed by atoms with van der Waals surface area (Å²) in [6.07, 6.45) is -1.61. The monoisotopic (exact) mass is 372 g/mol. The van der Waals surface area contributed by atoms with Crippen molar-refractivity contribution in [2.24, 2.45) is 5.73 Å². The van der Waals surface area contributed by atoms with Crippen molar-refractivity contribution in [2.75, 3.05) is 0 Å². The van der Waals surface area contributed by atoms with E-state index in [1.54, 1.807) is 31.2 Å². The van der Waals surface area contributed by atoms with Crippen LogP contribution in [0.3, 0.4) is 0 Å². The van der Waals surface area contributed by atoms with Gasteiger partial charge in [0.05, 0.1) is 10.5 Å². The number of nitrogens with zero attached hydrogens (tertiary/aromatic N) is 1. The standard InChI is InChI=1S/C18H16N2O7/c1-10-16(27-15-5-3-2-4-14(15)26-10)18(22)25-9-12-7-6-11(17(19)21)8-13(12)20(23)24/h2-8,10,16H,9H2,1H3,(H2,19,21). The van der Waals surface area contributed by atoms with Crippen molar-refractivity contribution in [2.45, 2.75) is 25.7 Å². The van der Waals surface area contributed by atoms with Crippen LogP contribution in [0.1, 0.15) is 22.8 Å². The summed E-state index contributed by atoms with van der Waals surface area (Å²) in [5.74, 6) is -0.576. The fourth-order valence-electron chi connectivity index (χ4n) is 2.62. The number of para-hydroxylation sites is 2. The molecule has 9 nitrogen and oxygen atoms in total. The molecule has 1 aliphatic heterocycles. The van der Waals surface area contributed by atoms with Gasteiger partial charge in [-0.05, 0) is 31.2 Å². The number of nitrogens with two attached hydrogens (primary N) is 1. The van der Waals surface area contributed by atoms with Gasteiger partial charge in [0.1, 0.15) is 12.7 Å². The smallest absolute Gasteiger partial charge is 0.351 e. The number of esters is 1. The summed E-state index contributed by atoms with van der Waals surface area (Å²) in [4.78, 5) is 34.1. The Bertz CT molecular complexity index is 912. The zero-order valence-corrected chi connectivity index (χ0v) is 14.3. The second kappa shape index (κ2) is 7.32. The van der Waals surface area contributed by atoms with Gasteiger partial charge in [0.2, 0.25) is 12.0 Å². The first-order valence-corrected chi connectivity index (χ1v) is 8.03. The zero-order chi connectivity index (χ0) is 19.6. The van der Waals surface area contributed by atoms with Crippen molar-refractivity contribution in [3.8, 4) is 11.5 Å². The highest BCUT2D eigenvalue weighted by atomic mass is 16.6. The summed E-state index contributed by atoms with van der Waals surface area (Å²) in [5.41, 5.74) is 4.89. The first-order valence-electron chi connectivity index (χ1n) is 8.03. The molecule has 140 valence electrons. The number of carbonyl (C=O) groups is 2. The normalized spacial score (nSPS) is 17.8. The van der Waals surface area contributed by atoms with Gasteiger partial charge in [-0.1, -0.05) is 12.1 Å². The number of carbonyl (C=O) groups excluding carboxylic acids is 2. The van der Waals surface area contributed by atoms with E-state index in [0.29, 0.717) is 11.5 Å². The molecular weight excluding hydrogens is 356 g/mol. The van der Waals surface area contributed by atoms with Crippen molar-refractivity contribution in [1.29, 1.82) is 0 Å². The first kappa shape index (κ1) is 18.2. The summed E-state index contributed by atoms with van der Waals surface area (Å²) in [6, 6.07) is 10.6. The number of fused-ring (bicyclic) bond motifs is 1. The van der Waals surface area contributed by atoms with Gasteiger partial charge in [0.15, 0.2) is 11.5 Å². The van der Waals surface area contributed by atoms with Gasteiger partial charge in [-0.3, -0.25) is 14.9 Å². The SMILES string of the molecule is CC1Oc2ccccc2OC1C(=O)OCc1ccc(C(N)=O)cc1[N+](=O)[O-]. The highest BCUT2D eigenvalue weighted by Crippen LogP contribution is 2.34. The molecule has 0 radical (unpaired) electrons. The number of nitro benzene ring substituents is 1. The second-order valence-electron chi connectivity index (χ2n) is 5.88. The average molecular weight is 372 g/mol. The predicted molar refractivity (Wildman–Crippen MR) is 92.4 cm³/mol. The molecule has 1 aliphatic rings. The molecule has 2 unspecified atom stereocenters. The summed E-state index contributed by atoms with van der Waals surface area (Å²) in [5, 5.41) is 11.2. The molecule has 0 saturated heterocycles. The largest absolute Gasteiger partial charge is 0.482 e. The van der Waals surface area contributed by atoms with E-state index in [1.807, 2.05) is 0 Å². The third kappa shape index (κ3) is 3.81. The second-order valence-corrected chi connectivity index (χ2v) is 5.88. The van der Waals surface area contributed by atoms with Crippen LogP contribution in [0, 0.1) is 10.1 Å². The molecule has 0 fully saturated rings. The van der Waals surface area contributed by atoms with E-state index in [0.717, 1.165) is 6.07 Å². The molecule has 1 heterocycles. The zero-order valence-electron chi connectivity index (χ0n) is 14.3. The molecule has 0 bridgehead atoms. The summed E-state index contributed by atoms with van der Waals surface area (Å²) >= 11 is 0. The molecule has 3 rings (SSSR count). The van der Waals surface area contributed by atoms with Gasteiger partial charge < -0.3 is 19.9 Å². The topological polar surface area (TPSA) is 131 Å². The van der Waals surface area contributed by atoms with Gasteiger partial charge in [-0.15, -0.1) is 0 Å². The number of hydrogen-bond donors (Lipinski definition) is 1. The van der Waals surface area contributed by atoms with E-state index in [4.69, 9.17) is 19.9 Å². The fraction of sp³-hybridized carbons (Fsp3) is 0.222. The molecule has 2 N–H and O–H groups in total. The van der Waals surface area contributed by atoms with E-state index in [9.17, 15) is 19.7 Å². The molecular formula is C18H16N2O7. The average Bonchev–Trinajstić information content (AvgIpc) is 2.65. The molecule has 2 aromatic carbocycles. The molecule has 0 saturated carbocycles. The van der Waals surface area contributed by atoms with Crippen LogP contribution in [-0.4, -0.2) is 29.0 Å². The molecule has 2 aromatic rings. The molecule has 0 spiro atoms. The third-order valence-electron chi connectivity index (χ3n) is 4.01. The van der Waals surface area contributed by atoms with Crippen LogP contribution in [-0.2, 0) is 16.1 Å². The highest BCUT2D eigenvalue weighted by molar-refractivity contribution is 5.93. The minimum atomic E-state index is -1.01. The number of ether oxygens (including phenoxy) is 3. The van der Waals surface area contributed by atoms with Crippen LogP contribution in [0.5, 0.6) is 11.5 Å². The van der Waals surface area contributed by atoms with E-state index in [-0.39, 0.29) is 23.4 Å². The van der Waals surface area contributed by atoms with Crippen molar-refractivity contribution in [3.63, 3.8) is 0 Å². The van der Waals surface area contributed by atoms with Crippen LogP contribution < -0.4 is 15.2 Å². The number of amides is 1. The van der Waals surface area contributed by atoms with Gasteiger partial charge in [0.25, 0.3) is 5.69 Å². The number of primary amides is 1. The lowest BCUT2D eigenvalue weighted by molar-refractivity contribution is -0.385. The van der Waals surface area contributed by atoms with Gasteiger partial charge in [-0.2, -0.15) is 0 Å². The van der Waals surface area contributed by atoms with E-state index in [2.05, 4.69) is 0 Å². The quantitative estimate of drug-likeness (QED) is 0.482. The fourth-order valence-corrected chi connectivity index (χ4v) is 2.62. The van der Waals surface area contributed by atoms with E-state index in [1.165, 1.54) is 12.1 Å². The Hall–Kier alpha value is -3.62. The van der Waals surface area contributed by atoms with Crippen LogP contribution >= 0.6 is 0 Å². The van der Waals surface area contributed by atoms with Crippen molar-refractivity contribution < 1.29 is 28.7 Å². The maximum Gasteiger partial charge on any atom is 0.351 e. The number of hydrogen-bond acceptors (Lipinski definition) is 7. The Morgan fingerprint density at radius 2 is 1.85 bits per heavy atom. The lowest BCUT2D eigenvalue weighted by atomic mass is 10.1. The van der Waals surface area contributed by atoms with Crippen LogP contribution in [0.2, 0.25) is 0 Å². The molecule has 2 atom stereocenters. The number of rotatable bonds is 5. The Kier molecular flexibility index (Phi) is 4.93. The van der Waals surface area contributed by atoms with Crippen molar-refractivity contribution in [1.82, 2.24) is 0 Å². The molecule has 27 heavy (non-hydrogen) atoms. The predicted octanol–water partition coefficient (Wildman–Crippen LogP) is 1.97. The van der Waals surface area contributed by atoms with Crippen LogP contribution in [0.15, 0.2) is 42.5 Å². The lowest BCUT2D eigenvalue weighted by Gasteiger charge is -2.30. The van der Waals surface area contributed by atoms with Gasteiger partial charge >= 0.3 is 5.97 Å². The Labute approximate surface area is 153 Å². The molecule has 1 amide bonds. The van der Waals surface area contributed by atoms with Crippen molar-refractivity contribution >= 4 is 17.6 Å². The summed E-state index contributed by atoms with van der Waals surface area (Å²) < 4.78 is 16.4. The van der Waals surface area contributed by atoms with Gasteiger partial charge in [0, 0.05) is 11.6 Å². The summed E-state index contributed by atoms with van der Waals surface area (Å²) in [7, 11) is 0. The van der Waals surface area contributed by atoms with Crippen LogP contribution in [0.4, 0.5) is 5.69 Å². The molecule has 9 heteroatoms.